The van der Waals surface area contributed by atoms with Crippen LogP contribution in [0, 0.1) is 5.92 Å². The molecular weight excluding hydrogens is 241 g/mol. The molecule has 1 fully saturated rings. The van der Waals surface area contributed by atoms with Crippen molar-refractivity contribution in [2.75, 3.05) is 0 Å². The molecule has 0 spiro atoms. The van der Waals surface area contributed by atoms with Crippen molar-refractivity contribution in [3.05, 3.63) is 0 Å². The van der Waals surface area contributed by atoms with Crippen molar-refractivity contribution in [3.8, 4) is 0 Å². The lowest BCUT2D eigenvalue weighted by molar-refractivity contribution is -0.181. The highest BCUT2D eigenvalue weighted by molar-refractivity contribution is 8.14. The Morgan fingerprint density at radius 2 is 1.79 bits per heavy atom. The second-order valence-corrected chi connectivity index (χ2v) is 6.41. The van der Waals surface area contributed by atoms with Gasteiger partial charge >= 0.3 is 6.18 Å². The molecule has 1 aliphatic carbocycles. The second-order valence-electron chi connectivity index (χ2n) is 3.50. The van der Waals surface area contributed by atoms with Crippen LogP contribution < -0.4 is 0 Å². The van der Waals surface area contributed by atoms with E-state index in [1.165, 1.54) is 0 Å². The maximum absolute atomic E-state index is 12.3. The molecule has 7 heteroatoms. The van der Waals surface area contributed by atoms with Crippen LogP contribution in [0.25, 0.3) is 0 Å². The molecule has 0 saturated heterocycles. The fourth-order valence-corrected chi connectivity index (χ4v) is 3.09. The number of alkyl halides is 3. The lowest BCUT2D eigenvalue weighted by Crippen LogP contribution is -2.33. The monoisotopic (exact) mass is 250 g/mol. The fraction of sp³-hybridized carbons (Fsp3) is 1.00. The van der Waals surface area contributed by atoms with E-state index in [1.54, 1.807) is 0 Å². The summed E-state index contributed by atoms with van der Waals surface area (Å²) in [6, 6.07) is 0. The average molecular weight is 251 g/mol. The SMILES string of the molecule is O=S(=O)(Cl)[C@H]1CCC[C@@H](C(F)(F)F)C1. The predicted octanol–water partition coefficient (Wildman–Crippen LogP) is 2.68. The first-order chi connectivity index (χ1) is 6.21. The van der Waals surface area contributed by atoms with Crippen molar-refractivity contribution in [2.45, 2.75) is 37.1 Å². The maximum Gasteiger partial charge on any atom is 0.391 e. The van der Waals surface area contributed by atoms with E-state index in [2.05, 4.69) is 0 Å². The maximum atomic E-state index is 12.3. The van der Waals surface area contributed by atoms with Crippen LogP contribution in [0.15, 0.2) is 0 Å². The number of rotatable bonds is 1. The second kappa shape index (κ2) is 3.89. The van der Waals surface area contributed by atoms with Gasteiger partial charge in [0.05, 0.1) is 11.2 Å². The first kappa shape index (κ1) is 12.1. The van der Waals surface area contributed by atoms with Crippen LogP contribution in [-0.2, 0) is 9.05 Å². The highest BCUT2D eigenvalue weighted by Crippen LogP contribution is 2.40. The summed E-state index contributed by atoms with van der Waals surface area (Å²) in [5.74, 6) is -1.52. The summed E-state index contributed by atoms with van der Waals surface area (Å²) < 4.78 is 58.5. The molecule has 0 unspecified atom stereocenters. The lowest BCUT2D eigenvalue weighted by atomic mass is 9.88. The van der Waals surface area contributed by atoms with Gasteiger partial charge < -0.3 is 0 Å². The van der Waals surface area contributed by atoms with Gasteiger partial charge in [0.25, 0.3) is 0 Å². The molecule has 2 atom stereocenters. The summed E-state index contributed by atoms with van der Waals surface area (Å²) in [6.07, 6.45) is -4.19. The van der Waals surface area contributed by atoms with E-state index in [9.17, 15) is 21.6 Å². The molecule has 0 aliphatic heterocycles. The topological polar surface area (TPSA) is 34.1 Å². The van der Waals surface area contributed by atoms with Crippen LogP contribution >= 0.6 is 10.7 Å². The Bertz CT molecular complexity index is 299. The molecule has 1 rings (SSSR count). The summed E-state index contributed by atoms with van der Waals surface area (Å²) >= 11 is 0. The molecule has 0 radical (unpaired) electrons. The van der Waals surface area contributed by atoms with Crippen LogP contribution in [0.2, 0.25) is 0 Å². The molecule has 0 bridgehead atoms. The third-order valence-corrected chi connectivity index (χ3v) is 4.47. The van der Waals surface area contributed by atoms with Gasteiger partial charge in [0.1, 0.15) is 0 Å². The summed E-state index contributed by atoms with van der Waals surface area (Å²) in [6.45, 7) is 0. The Morgan fingerprint density at radius 3 is 2.21 bits per heavy atom. The van der Waals surface area contributed by atoms with Crippen molar-refractivity contribution in [1.29, 1.82) is 0 Å². The van der Waals surface area contributed by atoms with Gasteiger partial charge in [0, 0.05) is 10.7 Å². The number of hydrogen-bond donors (Lipinski definition) is 0. The van der Waals surface area contributed by atoms with Gasteiger partial charge in [-0.3, -0.25) is 0 Å². The summed E-state index contributed by atoms with van der Waals surface area (Å²) in [5, 5.41) is -1.04. The first-order valence-corrected chi connectivity index (χ1v) is 6.58. The van der Waals surface area contributed by atoms with Gasteiger partial charge in [-0.15, -0.1) is 0 Å². The minimum atomic E-state index is -4.31. The normalized spacial score (nSPS) is 30.3. The van der Waals surface area contributed by atoms with Crippen LogP contribution in [0.5, 0.6) is 0 Å². The zero-order valence-corrected chi connectivity index (χ0v) is 8.79. The largest absolute Gasteiger partial charge is 0.391 e. The van der Waals surface area contributed by atoms with E-state index in [1.807, 2.05) is 0 Å². The summed E-state index contributed by atoms with van der Waals surface area (Å²) in [5.41, 5.74) is 0. The number of halogens is 4. The van der Waals surface area contributed by atoms with Gasteiger partial charge in [0.2, 0.25) is 9.05 Å². The van der Waals surface area contributed by atoms with Crippen molar-refractivity contribution in [3.63, 3.8) is 0 Å². The molecule has 1 saturated carbocycles. The Kier molecular flexibility index (Phi) is 3.36. The highest BCUT2D eigenvalue weighted by atomic mass is 35.7. The minimum Gasteiger partial charge on any atom is -0.212 e. The molecule has 0 aromatic rings. The van der Waals surface area contributed by atoms with Crippen molar-refractivity contribution >= 4 is 19.7 Å². The van der Waals surface area contributed by atoms with Gasteiger partial charge in [-0.1, -0.05) is 6.42 Å². The van der Waals surface area contributed by atoms with E-state index in [4.69, 9.17) is 10.7 Å². The summed E-state index contributed by atoms with van der Waals surface area (Å²) in [7, 11) is 1.19. The van der Waals surface area contributed by atoms with E-state index in [-0.39, 0.29) is 19.3 Å². The predicted molar refractivity (Wildman–Crippen MR) is 46.6 cm³/mol. The van der Waals surface area contributed by atoms with Crippen molar-refractivity contribution < 1.29 is 21.6 Å². The van der Waals surface area contributed by atoms with Crippen LogP contribution in [0.3, 0.4) is 0 Å². The Morgan fingerprint density at radius 1 is 1.21 bits per heavy atom. The lowest BCUT2D eigenvalue weighted by Gasteiger charge is -2.28. The van der Waals surface area contributed by atoms with Gasteiger partial charge in [-0.05, 0) is 19.3 Å². The van der Waals surface area contributed by atoms with E-state index < -0.39 is 32.8 Å². The molecule has 14 heavy (non-hydrogen) atoms. The Labute approximate surface area is 84.9 Å². The molecular formula is C7H10ClF3O2S. The quantitative estimate of drug-likeness (QED) is 0.671. The zero-order chi connectivity index (χ0) is 11.0. The summed E-state index contributed by atoms with van der Waals surface area (Å²) in [4.78, 5) is 0. The fourth-order valence-electron chi connectivity index (χ4n) is 1.70. The van der Waals surface area contributed by atoms with Crippen molar-refractivity contribution in [1.82, 2.24) is 0 Å². The first-order valence-electron chi connectivity index (χ1n) is 4.21. The molecule has 0 aromatic heterocycles. The average Bonchev–Trinajstić information content (AvgIpc) is 2.01. The zero-order valence-electron chi connectivity index (χ0n) is 7.22. The minimum absolute atomic E-state index is 0.00636. The Balaban J connectivity index is 2.71. The van der Waals surface area contributed by atoms with Crippen molar-refractivity contribution in [2.24, 2.45) is 5.92 Å². The van der Waals surface area contributed by atoms with Crippen LogP contribution in [0.1, 0.15) is 25.7 Å². The van der Waals surface area contributed by atoms with Gasteiger partial charge in [0.15, 0.2) is 0 Å². The molecule has 1 aliphatic rings. The smallest absolute Gasteiger partial charge is 0.212 e. The molecule has 0 amide bonds. The van der Waals surface area contributed by atoms with E-state index in [0.29, 0.717) is 0 Å². The third kappa shape index (κ3) is 3.02. The molecule has 0 aromatic carbocycles. The van der Waals surface area contributed by atoms with E-state index >= 15 is 0 Å². The van der Waals surface area contributed by atoms with Gasteiger partial charge in [-0.25, -0.2) is 8.42 Å². The molecule has 84 valence electrons. The highest BCUT2D eigenvalue weighted by Gasteiger charge is 2.44. The third-order valence-electron chi connectivity index (χ3n) is 2.49. The van der Waals surface area contributed by atoms with Gasteiger partial charge in [-0.2, -0.15) is 13.2 Å². The van der Waals surface area contributed by atoms with Crippen LogP contribution in [-0.4, -0.2) is 19.8 Å². The molecule has 0 heterocycles. The Hall–Kier alpha value is 0.0300. The number of hydrogen-bond acceptors (Lipinski definition) is 2. The van der Waals surface area contributed by atoms with Crippen LogP contribution in [0.4, 0.5) is 13.2 Å². The van der Waals surface area contributed by atoms with E-state index in [0.717, 1.165) is 0 Å². The standard InChI is InChI=1S/C7H10ClF3O2S/c8-14(12,13)6-3-1-2-5(4-6)7(9,10)11/h5-6H,1-4H2/t5-,6+/m1/s1. The molecule has 2 nitrogen and oxygen atoms in total. The molecule has 0 N–H and O–H groups in total.